The molecule has 0 fully saturated rings. The number of ketones is 1. The molecule has 108 valence electrons. The number of hydrogen-bond acceptors (Lipinski definition) is 5. The van der Waals surface area contributed by atoms with E-state index in [1.165, 1.54) is 0 Å². The molecule has 1 rings (SSSR count). The molecule has 0 aliphatic carbocycles. The Morgan fingerprint density at radius 1 is 1.26 bits per heavy atom. The Balaban J connectivity index is 3.00. The molecule has 2 unspecified atom stereocenters. The highest BCUT2D eigenvalue weighted by Gasteiger charge is 2.29. The summed E-state index contributed by atoms with van der Waals surface area (Å²) in [6, 6.07) is 0. The van der Waals surface area contributed by atoms with Crippen molar-refractivity contribution in [2.75, 3.05) is 6.61 Å². The van der Waals surface area contributed by atoms with Crippen molar-refractivity contribution in [2.45, 2.75) is 53.6 Å². The fourth-order valence-corrected chi connectivity index (χ4v) is 2.16. The molecule has 2 atom stereocenters. The van der Waals surface area contributed by atoms with Gasteiger partial charge in [0.1, 0.15) is 11.9 Å². The number of carbonyl (C=O) groups is 1. The second-order valence-electron chi connectivity index (χ2n) is 5.44. The zero-order valence-electron chi connectivity index (χ0n) is 12.6. The summed E-state index contributed by atoms with van der Waals surface area (Å²) < 4.78 is 10.9. The van der Waals surface area contributed by atoms with Crippen LogP contribution in [0.25, 0.3) is 0 Å². The van der Waals surface area contributed by atoms with Crippen LogP contribution in [0.4, 0.5) is 0 Å². The van der Waals surface area contributed by atoms with Crippen LogP contribution in [0.1, 0.15) is 65.3 Å². The van der Waals surface area contributed by atoms with Crippen molar-refractivity contribution < 1.29 is 14.1 Å². The molecule has 1 aromatic heterocycles. The van der Waals surface area contributed by atoms with E-state index in [0.717, 1.165) is 0 Å². The average Bonchev–Trinajstić information content (AvgIpc) is 2.73. The van der Waals surface area contributed by atoms with Gasteiger partial charge in [-0.2, -0.15) is 4.98 Å². The predicted octanol–water partition coefficient (Wildman–Crippen LogP) is 3.13. The van der Waals surface area contributed by atoms with Crippen molar-refractivity contribution in [3.63, 3.8) is 0 Å². The van der Waals surface area contributed by atoms with Crippen LogP contribution in [-0.4, -0.2) is 22.5 Å². The molecule has 0 bridgehead atoms. The van der Waals surface area contributed by atoms with Crippen LogP contribution in [0, 0.1) is 11.8 Å². The van der Waals surface area contributed by atoms with E-state index in [0.29, 0.717) is 18.3 Å². The monoisotopic (exact) mass is 268 g/mol. The quantitative estimate of drug-likeness (QED) is 0.760. The molecule has 5 nitrogen and oxygen atoms in total. The maximum atomic E-state index is 11.7. The lowest BCUT2D eigenvalue weighted by molar-refractivity contribution is -0.119. The fraction of sp³-hybridized carbons (Fsp3) is 0.786. The van der Waals surface area contributed by atoms with Crippen molar-refractivity contribution in [1.82, 2.24) is 10.1 Å². The molecule has 0 aromatic carbocycles. The molecule has 0 amide bonds. The molecule has 0 saturated carbocycles. The third kappa shape index (κ3) is 3.86. The SMILES string of the molecule is CCOC(c1noc(C(C(C)=O)C(C)C)n1)C(C)C. The van der Waals surface area contributed by atoms with E-state index in [4.69, 9.17) is 9.26 Å². The largest absolute Gasteiger partial charge is 0.370 e. The van der Waals surface area contributed by atoms with Gasteiger partial charge in [0.25, 0.3) is 0 Å². The Labute approximate surface area is 114 Å². The van der Waals surface area contributed by atoms with Gasteiger partial charge in [-0.05, 0) is 25.7 Å². The van der Waals surface area contributed by atoms with E-state index >= 15 is 0 Å². The van der Waals surface area contributed by atoms with Crippen molar-refractivity contribution in [1.29, 1.82) is 0 Å². The van der Waals surface area contributed by atoms with Gasteiger partial charge < -0.3 is 9.26 Å². The maximum Gasteiger partial charge on any atom is 0.237 e. The Morgan fingerprint density at radius 3 is 2.32 bits per heavy atom. The second-order valence-corrected chi connectivity index (χ2v) is 5.44. The average molecular weight is 268 g/mol. The van der Waals surface area contributed by atoms with Crippen LogP contribution >= 0.6 is 0 Å². The van der Waals surface area contributed by atoms with E-state index in [1.807, 2.05) is 34.6 Å². The third-order valence-corrected chi connectivity index (χ3v) is 3.03. The second kappa shape index (κ2) is 6.80. The minimum absolute atomic E-state index is 0.0442. The highest BCUT2D eigenvalue weighted by molar-refractivity contribution is 5.82. The lowest BCUT2D eigenvalue weighted by Crippen LogP contribution is -2.17. The van der Waals surface area contributed by atoms with E-state index in [-0.39, 0.29) is 29.6 Å². The van der Waals surface area contributed by atoms with Crippen LogP contribution in [0.5, 0.6) is 0 Å². The minimum Gasteiger partial charge on any atom is -0.370 e. The number of Topliss-reactive ketones (excluding diaryl/α,β-unsaturated/α-hetero) is 1. The van der Waals surface area contributed by atoms with Gasteiger partial charge >= 0.3 is 0 Å². The Morgan fingerprint density at radius 2 is 1.89 bits per heavy atom. The van der Waals surface area contributed by atoms with E-state index in [1.54, 1.807) is 6.92 Å². The van der Waals surface area contributed by atoms with E-state index in [9.17, 15) is 4.79 Å². The first-order valence-corrected chi connectivity index (χ1v) is 6.84. The predicted molar refractivity (Wildman–Crippen MR) is 71.8 cm³/mol. The minimum atomic E-state index is -0.337. The summed E-state index contributed by atoms with van der Waals surface area (Å²) in [6.07, 6.45) is -0.192. The molecule has 0 N–H and O–H groups in total. The summed E-state index contributed by atoms with van der Waals surface area (Å²) in [5.74, 6) is 1.01. The first-order valence-electron chi connectivity index (χ1n) is 6.84. The first kappa shape index (κ1) is 15.8. The lowest BCUT2D eigenvalue weighted by Gasteiger charge is -2.16. The molecule has 0 saturated heterocycles. The molecule has 0 spiro atoms. The number of nitrogens with zero attached hydrogens (tertiary/aromatic N) is 2. The summed E-state index contributed by atoms with van der Waals surface area (Å²) in [5, 5.41) is 3.98. The zero-order chi connectivity index (χ0) is 14.6. The number of carbonyl (C=O) groups excluding carboxylic acids is 1. The van der Waals surface area contributed by atoms with Gasteiger partial charge in [0.15, 0.2) is 0 Å². The van der Waals surface area contributed by atoms with Crippen LogP contribution < -0.4 is 0 Å². The molecule has 1 heterocycles. The van der Waals surface area contributed by atoms with Gasteiger partial charge in [0, 0.05) is 6.61 Å². The molecule has 1 aromatic rings. The standard InChI is InChI=1S/C14H24N2O3/c1-7-18-12(9(4)5)13-15-14(19-16-13)11(8(2)3)10(6)17/h8-9,11-12H,7H2,1-6H3. The summed E-state index contributed by atoms with van der Waals surface area (Å²) in [4.78, 5) is 16.0. The maximum absolute atomic E-state index is 11.7. The molecule has 0 aliphatic heterocycles. The number of ether oxygens (including phenoxy) is 1. The molecular formula is C14H24N2O3. The summed E-state index contributed by atoms with van der Waals surface area (Å²) in [6.45, 7) is 12.1. The number of aromatic nitrogens is 2. The zero-order valence-corrected chi connectivity index (χ0v) is 12.6. The Kier molecular flexibility index (Phi) is 5.66. The summed E-state index contributed by atoms with van der Waals surface area (Å²) >= 11 is 0. The highest BCUT2D eigenvalue weighted by atomic mass is 16.5. The summed E-state index contributed by atoms with van der Waals surface area (Å²) in [5.41, 5.74) is 0. The van der Waals surface area contributed by atoms with Gasteiger partial charge in [0.05, 0.1) is 5.92 Å². The fourth-order valence-electron chi connectivity index (χ4n) is 2.16. The smallest absolute Gasteiger partial charge is 0.237 e. The Hall–Kier alpha value is -1.23. The van der Waals surface area contributed by atoms with Crippen LogP contribution in [0.15, 0.2) is 4.52 Å². The van der Waals surface area contributed by atoms with Gasteiger partial charge in [-0.3, -0.25) is 4.79 Å². The van der Waals surface area contributed by atoms with Gasteiger partial charge in [-0.1, -0.05) is 32.9 Å². The normalized spacial score (nSPS) is 14.9. The molecular weight excluding hydrogens is 244 g/mol. The molecule has 5 heteroatoms. The van der Waals surface area contributed by atoms with Crippen LogP contribution in [-0.2, 0) is 9.53 Å². The van der Waals surface area contributed by atoms with Crippen molar-refractivity contribution in [3.8, 4) is 0 Å². The first-order chi connectivity index (χ1) is 8.88. The van der Waals surface area contributed by atoms with Crippen molar-refractivity contribution in [3.05, 3.63) is 11.7 Å². The van der Waals surface area contributed by atoms with Crippen molar-refractivity contribution >= 4 is 5.78 Å². The van der Waals surface area contributed by atoms with Crippen molar-refractivity contribution in [2.24, 2.45) is 11.8 Å². The third-order valence-electron chi connectivity index (χ3n) is 3.03. The number of rotatable bonds is 7. The number of hydrogen-bond donors (Lipinski definition) is 0. The van der Waals surface area contributed by atoms with Crippen LogP contribution in [0.3, 0.4) is 0 Å². The van der Waals surface area contributed by atoms with Gasteiger partial charge in [0.2, 0.25) is 11.7 Å². The van der Waals surface area contributed by atoms with Crippen LogP contribution in [0.2, 0.25) is 0 Å². The molecule has 19 heavy (non-hydrogen) atoms. The highest BCUT2D eigenvalue weighted by Crippen LogP contribution is 2.28. The van der Waals surface area contributed by atoms with E-state index < -0.39 is 0 Å². The van der Waals surface area contributed by atoms with Gasteiger partial charge in [-0.15, -0.1) is 0 Å². The summed E-state index contributed by atoms with van der Waals surface area (Å²) in [7, 11) is 0. The topological polar surface area (TPSA) is 65.2 Å². The molecule has 0 aliphatic rings. The Bertz CT molecular complexity index is 413. The van der Waals surface area contributed by atoms with E-state index in [2.05, 4.69) is 10.1 Å². The lowest BCUT2D eigenvalue weighted by atomic mass is 9.92. The molecule has 0 radical (unpaired) electrons. The van der Waals surface area contributed by atoms with Gasteiger partial charge in [-0.25, -0.2) is 0 Å².